The van der Waals surface area contributed by atoms with Crippen molar-refractivity contribution < 1.29 is 18.6 Å². The van der Waals surface area contributed by atoms with Crippen LogP contribution in [0.4, 0.5) is 8.78 Å². The molecule has 0 radical (unpaired) electrons. The topological polar surface area (TPSA) is 53.2 Å². The van der Waals surface area contributed by atoms with Gasteiger partial charge in [0.05, 0.1) is 11.6 Å². The van der Waals surface area contributed by atoms with E-state index in [9.17, 15) is 13.9 Å². The number of benzene rings is 2. The van der Waals surface area contributed by atoms with Crippen molar-refractivity contribution in [2.75, 3.05) is 0 Å². The van der Waals surface area contributed by atoms with Gasteiger partial charge in [-0.2, -0.15) is 5.26 Å². The van der Waals surface area contributed by atoms with Crippen LogP contribution < -0.4 is 4.74 Å². The van der Waals surface area contributed by atoms with Crippen LogP contribution in [-0.2, 0) is 0 Å². The molecule has 0 amide bonds. The van der Waals surface area contributed by atoms with Gasteiger partial charge in [-0.1, -0.05) is 0 Å². The molecule has 0 heterocycles. The Morgan fingerprint density at radius 2 is 1.74 bits per heavy atom. The smallest absolute Gasteiger partial charge is 0.198 e. The number of halogens is 2. The maximum atomic E-state index is 13.6. The lowest BCUT2D eigenvalue weighted by Crippen LogP contribution is -1.94. The van der Waals surface area contributed by atoms with Crippen LogP contribution in [0, 0.1) is 29.9 Å². The van der Waals surface area contributed by atoms with Crippen molar-refractivity contribution in [3.63, 3.8) is 0 Å². The first-order valence-electron chi connectivity index (χ1n) is 5.37. The lowest BCUT2D eigenvalue weighted by molar-refractivity contribution is 0.402. The second-order valence-electron chi connectivity index (χ2n) is 3.99. The number of nitriles is 1. The molecule has 2 aromatic carbocycles. The lowest BCUT2D eigenvalue weighted by Gasteiger charge is -2.09. The number of hydrogen-bond acceptors (Lipinski definition) is 3. The van der Waals surface area contributed by atoms with Crippen LogP contribution in [0.3, 0.4) is 0 Å². The first kappa shape index (κ1) is 12.8. The molecule has 5 heteroatoms. The maximum absolute atomic E-state index is 13.6. The van der Waals surface area contributed by atoms with Crippen molar-refractivity contribution in [1.82, 2.24) is 0 Å². The number of hydrogen-bond donors (Lipinski definition) is 1. The fourth-order valence-corrected chi connectivity index (χ4v) is 1.63. The van der Waals surface area contributed by atoms with E-state index >= 15 is 0 Å². The van der Waals surface area contributed by atoms with Crippen LogP contribution in [-0.4, -0.2) is 5.11 Å². The molecule has 3 nitrogen and oxygen atoms in total. The number of aryl methyl sites for hydroxylation is 1. The fraction of sp³-hybridized carbons (Fsp3) is 0.0714. The van der Waals surface area contributed by atoms with Gasteiger partial charge in [0.2, 0.25) is 0 Å². The predicted octanol–water partition coefficient (Wildman–Crippen LogP) is 3.64. The van der Waals surface area contributed by atoms with Crippen molar-refractivity contribution in [2.24, 2.45) is 0 Å². The second-order valence-corrected chi connectivity index (χ2v) is 3.99. The Balaban J connectivity index is 2.41. The van der Waals surface area contributed by atoms with E-state index in [1.54, 1.807) is 13.0 Å². The van der Waals surface area contributed by atoms with Gasteiger partial charge >= 0.3 is 0 Å². The number of aromatic hydroxyl groups is 1. The van der Waals surface area contributed by atoms with Crippen LogP contribution in [0.1, 0.15) is 11.1 Å². The van der Waals surface area contributed by atoms with E-state index in [4.69, 9.17) is 10.00 Å². The van der Waals surface area contributed by atoms with Crippen molar-refractivity contribution in [2.45, 2.75) is 6.92 Å². The molecule has 0 saturated heterocycles. The number of phenols is 1. The zero-order valence-electron chi connectivity index (χ0n) is 9.95. The Hall–Kier alpha value is -2.61. The van der Waals surface area contributed by atoms with Crippen LogP contribution in [0.2, 0.25) is 0 Å². The molecule has 96 valence electrons. The normalized spacial score (nSPS) is 10.0. The van der Waals surface area contributed by atoms with Gasteiger partial charge in [-0.15, -0.1) is 0 Å². The highest BCUT2D eigenvalue weighted by Crippen LogP contribution is 2.31. The van der Waals surface area contributed by atoms with E-state index in [1.807, 2.05) is 0 Å². The average molecular weight is 261 g/mol. The van der Waals surface area contributed by atoms with E-state index in [0.29, 0.717) is 5.56 Å². The zero-order chi connectivity index (χ0) is 14.0. The SMILES string of the molecule is Cc1cc(O)cc(Oc2c(F)cc(C#N)cc2F)c1. The molecule has 19 heavy (non-hydrogen) atoms. The molecule has 0 fully saturated rings. The average Bonchev–Trinajstić information content (AvgIpc) is 2.32. The van der Waals surface area contributed by atoms with Gasteiger partial charge in [-0.3, -0.25) is 0 Å². The van der Waals surface area contributed by atoms with Crippen LogP contribution in [0.5, 0.6) is 17.2 Å². The molecular formula is C14H9F2NO2. The molecule has 2 aromatic rings. The molecule has 0 aliphatic carbocycles. The molecule has 0 aromatic heterocycles. The summed E-state index contributed by atoms with van der Waals surface area (Å²) in [5, 5.41) is 18.0. The van der Waals surface area contributed by atoms with Crippen molar-refractivity contribution >= 4 is 0 Å². The predicted molar refractivity (Wildman–Crippen MR) is 64.0 cm³/mol. The molecule has 0 unspecified atom stereocenters. The summed E-state index contributed by atoms with van der Waals surface area (Å²) in [7, 11) is 0. The van der Waals surface area contributed by atoms with E-state index < -0.39 is 17.4 Å². The summed E-state index contributed by atoms with van der Waals surface area (Å²) in [6.07, 6.45) is 0. The van der Waals surface area contributed by atoms with Crippen molar-refractivity contribution in [3.8, 4) is 23.3 Å². The van der Waals surface area contributed by atoms with Gasteiger partial charge in [0.15, 0.2) is 17.4 Å². The molecule has 0 atom stereocenters. The third kappa shape index (κ3) is 2.80. The highest BCUT2D eigenvalue weighted by molar-refractivity contribution is 5.42. The molecule has 0 aliphatic rings. The van der Waals surface area contributed by atoms with Crippen LogP contribution >= 0.6 is 0 Å². The summed E-state index contributed by atoms with van der Waals surface area (Å²) in [5.74, 6) is -2.51. The third-order valence-electron chi connectivity index (χ3n) is 2.38. The van der Waals surface area contributed by atoms with E-state index in [1.165, 1.54) is 18.2 Å². The minimum absolute atomic E-state index is 0.0653. The minimum Gasteiger partial charge on any atom is -0.508 e. The van der Waals surface area contributed by atoms with E-state index in [-0.39, 0.29) is 17.1 Å². The summed E-state index contributed by atoms with van der Waals surface area (Å²) in [6, 6.07) is 7.66. The Morgan fingerprint density at radius 1 is 1.11 bits per heavy atom. The summed E-state index contributed by atoms with van der Waals surface area (Å²) in [6.45, 7) is 1.71. The molecular weight excluding hydrogens is 252 g/mol. The van der Waals surface area contributed by atoms with Crippen molar-refractivity contribution in [1.29, 1.82) is 5.26 Å². The quantitative estimate of drug-likeness (QED) is 0.897. The molecule has 2 rings (SSSR count). The number of phenolic OH excluding ortho intramolecular Hbond substituents is 1. The first-order chi connectivity index (χ1) is 8.99. The largest absolute Gasteiger partial charge is 0.508 e. The lowest BCUT2D eigenvalue weighted by atomic mass is 10.2. The summed E-state index contributed by atoms with van der Waals surface area (Å²) >= 11 is 0. The summed E-state index contributed by atoms with van der Waals surface area (Å²) < 4.78 is 32.3. The van der Waals surface area contributed by atoms with Crippen molar-refractivity contribution in [3.05, 3.63) is 53.1 Å². The monoisotopic (exact) mass is 261 g/mol. The van der Waals surface area contributed by atoms with Gasteiger partial charge in [0.1, 0.15) is 11.5 Å². The third-order valence-corrected chi connectivity index (χ3v) is 2.38. The Labute approximate surface area is 108 Å². The summed E-state index contributed by atoms with van der Waals surface area (Å²) in [5.41, 5.74) is 0.555. The van der Waals surface area contributed by atoms with Crippen LogP contribution in [0.15, 0.2) is 30.3 Å². The van der Waals surface area contributed by atoms with E-state index in [2.05, 4.69) is 0 Å². The Morgan fingerprint density at radius 3 is 2.26 bits per heavy atom. The van der Waals surface area contributed by atoms with Gasteiger partial charge in [-0.25, -0.2) is 8.78 Å². The van der Waals surface area contributed by atoms with Gasteiger partial charge in [0.25, 0.3) is 0 Å². The standard InChI is InChI=1S/C14H9F2NO2/c1-8-2-10(18)6-11(3-8)19-14-12(15)4-9(7-17)5-13(14)16/h2-6,18H,1H3. The zero-order valence-corrected chi connectivity index (χ0v) is 9.95. The Bertz CT molecular complexity index is 634. The molecule has 0 aliphatic heterocycles. The van der Waals surface area contributed by atoms with Crippen LogP contribution in [0.25, 0.3) is 0 Å². The molecule has 1 N–H and O–H groups in total. The Kier molecular flexibility index (Phi) is 3.34. The molecule has 0 bridgehead atoms. The molecule has 0 spiro atoms. The van der Waals surface area contributed by atoms with Gasteiger partial charge in [-0.05, 0) is 36.8 Å². The molecule has 0 saturated carbocycles. The fourth-order valence-electron chi connectivity index (χ4n) is 1.63. The number of nitrogens with zero attached hydrogens (tertiary/aromatic N) is 1. The number of ether oxygens (including phenoxy) is 1. The highest BCUT2D eigenvalue weighted by atomic mass is 19.1. The first-order valence-corrected chi connectivity index (χ1v) is 5.37. The highest BCUT2D eigenvalue weighted by Gasteiger charge is 2.14. The second kappa shape index (κ2) is 4.94. The maximum Gasteiger partial charge on any atom is 0.198 e. The van der Waals surface area contributed by atoms with Gasteiger partial charge in [0, 0.05) is 6.07 Å². The van der Waals surface area contributed by atoms with Gasteiger partial charge < -0.3 is 9.84 Å². The van der Waals surface area contributed by atoms with E-state index in [0.717, 1.165) is 12.1 Å². The number of rotatable bonds is 2. The minimum atomic E-state index is -0.974. The summed E-state index contributed by atoms with van der Waals surface area (Å²) in [4.78, 5) is 0.